The van der Waals surface area contributed by atoms with Crippen LogP contribution in [0.1, 0.15) is 48.5 Å². The van der Waals surface area contributed by atoms with E-state index in [0.29, 0.717) is 6.54 Å². The van der Waals surface area contributed by atoms with Gasteiger partial charge in [-0.2, -0.15) is 13.2 Å². The van der Waals surface area contributed by atoms with Gasteiger partial charge < -0.3 is 10.0 Å². The van der Waals surface area contributed by atoms with Gasteiger partial charge in [0.15, 0.2) is 0 Å². The third kappa shape index (κ3) is 3.31. The molecule has 2 rings (SSSR count). The number of aromatic carboxylic acids is 1. The molecule has 1 aromatic carbocycles. The van der Waals surface area contributed by atoms with E-state index in [1.165, 1.54) is 12.1 Å². The number of nitrogens with zero attached hydrogens (tertiary/aromatic N) is 1. The summed E-state index contributed by atoms with van der Waals surface area (Å²) in [5.74, 6) is -1.35. The standard InChI is InChI=1S/C15H18F3NO2/c1-2-11-5-3-4-8-19(11)13-7-6-10(14(20)21)9-12(13)15(16,17)18/h6-7,9,11H,2-5,8H2,1H3,(H,20,21). The van der Waals surface area contributed by atoms with Gasteiger partial charge in [0.1, 0.15) is 0 Å². The Morgan fingerprint density at radius 2 is 2.10 bits per heavy atom. The third-order valence-corrected chi connectivity index (χ3v) is 3.96. The number of carboxylic acid groups (broad SMARTS) is 1. The summed E-state index contributed by atoms with van der Waals surface area (Å²) in [5.41, 5.74) is -1.10. The molecule has 21 heavy (non-hydrogen) atoms. The summed E-state index contributed by atoms with van der Waals surface area (Å²) < 4.78 is 39.8. The van der Waals surface area contributed by atoms with Gasteiger partial charge in [-0.3, -0.25) is 0 Å². The van der Waals surface area contributed by atoms with Crippen LogP contribution in [0.3, 0.4) is 0 Å². The van der Waals surface area contributed by atoms with E-state index >= 15 is 0 Å². The predicted molar refractivity (Wildman–Crippen MR) is 73.7 cm³/mol. The molecule has 1 aromatic rings. The Kier molecular flexibility index (Phi) is 4.44. The number of piperidine rings is 1. The van der Waals surface area contributed by atoms with Crippen LogP contribution in [0.25, 0.3) is 0 Å². The Labute approximate surface area is 121 Å². The number of carboxylic acids is 1. The topological polar surface area (TPSA) is 40.5 Å². The molecule has 0 aromatic heterocycles. The van der Waals surface area contributed by atoms with Crippen LogP contribution in [0.4, 0.5) is 18.9 Å². The van der Waals surface area contributed by atoms with Gasteiger partial charge in [-0.05, 0) is 43.9 Å². The lowest BCUT2D eigenvalue weighted by atomic mass is 9.97. The maximum atomic E-state index is 13.3. The monoisotopic (exact) mass is 301 g/mol. The molecule has 0 radical (unpaired) electrons. The highest BCUT2D eigenvalue weighted by Crippen LogP contribution is 2.39. The number of carbonyl (C=O) groups is 1. The molecule has 6 heteroatoms. The quantitative estimate of drug-likeness (QED) is 0.910. The SMILES string of the molecule is CCC1CCCCN1c1ccc(C(=O)O)cc1C(F)(F)F. The van der Waals surface area contributed by atoms with E-state index in [4.69, 9.17) is 5.11 Å². The molecule has 1 unspecified atom stereocenters. The summed E-state index contributed by atoms with van der Waals surface area (Å²) in [7, 11) is 0. The first-order valence-electron chi connectivity index (χ1n) is 7.05. The lowest BCUT2D eigenvalue weighted by Crippen LogP contribution is -2.40. The number of hydrogen-bond acceptors (Lipinski definition) is 2. The van der Waals surface area contributed by atoms with Crippen molar-refractivity contribution in [2.75, 3.05) is 11.4 Å². The molecule has 116 valence electrons. The van der Waals surface area contributed by atoms with Crippen molar-refractivity contribution in [3.05, 3.63) is 29.3 Å². The van der Waals surface area contributed by atoms with Crippen LogP contribution in [-0.4, -0.2) is 23.7 Å². The Morgan fingerprint density at radius 1 is 1.38 bits per heavy atom. The van der Waals surface area contributed by atoms with Crippen LogP contribution in [-0.2, 0) is 6.18 Å². The van der Waals surface area contributed by atoms with Crippen molar-refractivity contribution in [3.63, 3.8) is 0 Å². The highest BCUT2D eigenvalue weighted by atomic mass is 19.4. The minimum atomic E-state index is -4.56. The second-order valence-corrected chi connectivity index (χ2v) is 5.29. The van der Waals surface area contributed by atoms with Crippen LogP contribution in [0.15, 0.2) is 18.2 Å². The molecule has 1 fully saturated rings. The molecule has 1 atom stereocenters. The predicted octanol–water partition coefficient (Wildman–Crippen LogP) is 4.17. The molecule has 0 amide bonds. The van der Waals surface area contributed by atoms with Crippen molar-refractivity contribution < 1.29 is 23.1 Å². The molecule has 1 saturated heterocycles. The summed E-state index contributed by atoms with van der Waals surface area (Å²) in [4.78, 5) is 12.7. The van der Waals surface area contributed by atoms with Crippen LogP contribution < -0.4 is 4.90 Å². The van der Waals surface area contributed by atoms with Gasteiger partial charge in [-0.15, -0.1) is 0 Å². The normalized spacial score (nSPS) is 19.6. The Bertz CT molecular complexity index is 528. The van der Waals surface area contributed by atoms with Gasteiger partial charge in [-0.25, -0.2) is 4.79 Å². The number of alkyl halides is 3. The van der Waals surface area contributed by atoms with E-state index in [2.05, 4.69) is 0 Å². The van der Waals surface area contributed by atoms with Gasteiger partial charge in [-0.1, -0.05) is 6.92 Å². The highest BCUT2D eigenvalue weighted by molar-refractivity contribution is 5.88. The van der Waals surface area contributed by atoms with Gasteiger partial charge in [0, 0.05) is 18.3 Å². The maximum absolute atomic E-state index is 13.3. The summed E-state index contributed by atoms with van der Waals surface area (Å²) >= 11 is 0. The number of benzene rings is 1. The van der Waals surface area contributed by atoms with Gasteiger partial charge >= 0.3 is 12.1 Å². The molecule has 0 aliphatic carbocycles. The molecule has 0 bridgehead atoms. The van der Waals surface area contributed by atoms with Crippen LogP contribution in [0, 0.1) is 0 Å². The molecule has 1 aliphatic heterocycles. The Balaban J connectivity index is 2.49. The van der Waals surface area contributed by atoms with Crippen molar-refractivity contribution in [3.8, 4) is 0 Å². The lowest BCUT2D eigenvalue weighted by Gasteiger charge is -2.38. The second-order valence-electron chi connectivity index (χ2n) is 5.29. The van der Waals surface area contributed by atoms with E-state index in [1.807, 2.05) is 6.92 Å². The molecule has 1 N–H and O–H groups in total. The summed E-state index contributed by atoms with van der Waals surface area (Å²) in [6.07, 6.45) is -1.04. The summed E-state index contributed by atoms with van der Waals surface area (Å²) in [5, 5.41) is 8.89. The smallest absolute Gasteiger partial charge is 0.418 e. The van der Waals surface area contributed by atoms with Gasteiger partial charge in [0.25, 0.3) is 0 Å². The van der Waals surface area contributed by atoms with E-state index in [9.17, 15) is 18.0 Å². The summed E-state index contributed by atoms with van der Waals surface area (Å²) in [6.45, 7) is 2.54. The minimum Gasteiger partial charge on any atom is -0.478 e. The zero-order valence-electron chi connectivity index (χ0n) is 11.8. The lowest BCUT2D eigenvalue weighted by molar-refractivity contribution is -0.137. The van der Waals surface area contributed by atoms with Crippen LogP contribution in [0.5, 0.6) is 0 Å². The average Bonchev–Trinajstić information content (AvgIpc) is 2.45. The fourth-order valence-corrected chi connectivity index (χ4v) is 2.89. The first-order valence-corrected chi connectivity index (χ1v) is 7.05. The van der Waals surface area contributed by atoms with Crippen molar-refractivity contribution in [1.29, 1.82) is 0 Å². The first-order chi connectivity index (χ1) is 9.84. The zero-order chi connectivity index (χ0) is 15.6. The van der Waals surface area contributed by atoms with Crippen molar-refractivity contribution in [2.45, 2.75) is 44.8 Å². The van der Waals surface area contributed by atoms with E-state index in [1.54, 1.807) is 4.90 Å². The molecular weight excluding hydrogens is 283 g/mol. The second kappa shape index (κ2) is 5.95. The highest BCUT2D eigenvalue weighted by Gasteiger charge is 2.37. The molecular formula is C15H18F3NO2. The maximum Gasteiger partial charge on any atom is 0.418 e. The largest absolute Gasteiger partial charge is 0.478 e. The molecule has 3 nitrogen and oxygen atoms in total. The number of rotatable bonds is 3. The number of halogens is 3. The van der Waals surface area contributed by atoms with Crippen molar-refractivity contribution >= 4 is 11.7 Å². The number of hydrogen-bond donors (Lipinski definition) is 1. The first kappa shape index (κ1) is 15.7. The van der Waals surface area contributed by atoms with Crippen molar-refractivity contribution in [1.82, 2.24) is 0 Å². The molecule has 0 saturated carbocycles. The fourth-order valence-electron chi connectivity index (χ4n) is 2.89. The van der Waals surface area contributed by atoms with Gasteiger partial charge in [0.05, 0.1) is 11.1 Å². The van der Waals surface area contributed by atoms with Gasteiger partial charge in [0.2, 0.25) is 0 Å². The minimum absolute atomic E-state index is 0.0792. The molecule has 0 spiro atoms. The zero-order valence-corrected chi connectivity index (χ0v) is 11.8. The van der Waals surface area contributed by atoms with E-state index < -0.39 is 17.7 Å². The molecule has 1 aliphatic rings. The average molecular weight is 301 g/mol. The fraction of sp³-hybridized carbons (Fsp3) is 0.533. The third-order valence-electron chi connectivity index (χ3n) is 3.96. The Hall–Kier alpha value is -1.72. The Morgan fingerprint density at radius 3 is 2.67 bits per heavy atom. The van der Waals surface area contributed by atoms with Crippen LogP contribution in [0.2, 0.25) is 0 Å². The van der Waals surface area contributed by atoms with E-state index in [0.717, 1.165) is 31.7 Å². The summed E-state index contributed by atoms with van der Waals surface area (Å²) in [6, 6.07) is 3.35. The van der Waals surface area contributed by atoms with E-state index in [-0.39, 0.29) is 17.3 Å². The number of anilines is 1. The van der Waals surface area contributed by atoms with Crippen molar-refractivity contribution in [2.24, 2.45) is 0 Å². The molecule has 1 heterocycles. The van der Waals surface area contributed by atoms with Crippen LogP contribution >= 0.6 is 0 Å².